The SMILES string of the molecule is COC(=O)c1ccc2c(Cl)cnc(-c3ccc(F)cc3Cl)c2c1. The lowest BCUT2D eigenvalue weighted by atomic mass is 10.0. The van der Waals surface area contributed by atoms with Crippen LogP contribution < -0.4 is 0 Å². The molecular weight excluding hydrogens is 340 g/mol. The number of halogens is 3. The Morgan fingerprint density at radius 2 is 1.87 bits per heavy atom. The van der Waals surface area contributed by atoms with Crippen molar-refractivity contribution in [2.45, 2.75) is 0 Å². The summed E-state index contributed by atoms with van der Waals surface area (Å²) in [4.78, 5) is 16.1. The number of ether oxygens (including phenoxy) is 1. The van der Waals surface area contributed by atoms with Gasteiger partial charge in [-0.25, -0.2) is 9.18 Å². The molecule has 0 N–H and O–H groups in total. The molecule has 0 aliphatic rings. The lowest BCUT2D eigenvalue weighted by molar-refractivity contribution is 0.0601. The molecule has 0 bridgehead atoms. The van der Waals surface area contributed by atoms with E-state index in [2.05, 4.69) is 4.98 Å². The van der Waals surface area contributed by atoms with Crippen molar-refractivity contribution >= 4 is 39.9 Å². The third-order valence-corrected chi connectivity index (χ3v) is 4.06. The number of benzene rings is 2. The molecule has 116 valence electrons. The number of carbonyl (C=O) groups excluding carboxylic acids is 1. The number of hydrogen-bond acceptors (Lipinski definition) is 3. The molecule has 3 nitrogen and oxygen atoms in total. The average Bonchev–Trinajstić information content (AvgIpc) is 2.55. The van der Waals surface area contributed by atoms with E-state index in [4.69, 9.17) is 27.9 Å². The van der Waals surface area contributed by atoms with Crippen molar-refractivity contribution < 1.29 is 13.9 Å². The monoisotopic (exact) mass is 349 g/mol. The number of hydrogen-bond donors (Lipinski definition) is 0. The van der Waals surface area contributed by atoms with Gasteiger partial charge < -0.3 is 4.74 Å². The summed E-state index contributed by atoms with van der Waals surface area (Å²) in [5.41, 5.74) is 1.43. The molecule has 0 amide bonds. The van der Waals surface area contributed by atoms with Gasteiger partial charge in [0.25, 0.3) is 0 Å². The fraction of sp³-hybridized carbons (Fsp3) is 0.0588. The highest BCUT2D eigenvalue weighted by Gasteiger charge is 2.15. The summed E-state index contributed by atoms with van der Waals surface area (Å²) in [5, 5.41) is 2.02. The highest BCUT2D eigenvalue weighted by Crippen LogP contribution is 2.35. The first-order chi connectivity index (χ1) is 11.0. The molecule has 0 saturated carbocycles. The number of methoxy groups -OCH3 is 1. The van der Waals surface area contributed by atoms with Crippen molar-refractivity contribution in [2.24, 2.45) is 0 Å². The maximum atomic E-state index is 13.3. The molecule has 2 aromatic carbocycles. The summed E-state index contributed by atoms with van der Waals surface area (Å²) in [6.07, 6.45) is 1.50. The maximum Gasteiger partial charge on any atom is 0.337 e. The number of fused-ring (bicyclic) bond motifs is 1. The molecule has 0 fully saturated rings. The first-order valence-electron chi connectivity index (χ1n) is 6.63. The van der Waals surface area contributed by atoms with Crippen molar-refractivity contribution in [2.75, 3.05) is 7.11 Å². The van der Waals surface area contributed by atoms with Crippen molar-refractivity contribution in [1.82, 2.24) is 4.98 Å². The molecule has 3 rings (SSSR count). The minimum absolute atomic E-state index is 0.226. The summed E-state index contributed by atoms with van der Waals surface area (Å²) in [6.45, 7) is 0. The van der Waals surface area contributed by atoms with E-state index in [0.717, 1.165) is 0 Å². The third kappa shape index (κ3) is 2.87. The topological polar surface area (TPSA) is 39.2 Å². The van der Waals surface area contributed by atoms with Gasteiger partial charge in [0.15, 0.2) is 0 Å². The van der Waals surface area contributed by atoms with Gasteiger partial charge in [-0.1, -0.05) is 29.3 Å². The van der Waals surface area contributed by atoms with Crippen LogP contribution in [0.1, 0.15) is 10.4 Å². The van der Waals surface area contributed by atoms with Crippen LogP contribution in [0.15, 0.2) is 42.6 Å². The molecule has 0 saturated heterocycles. The van der Waals surface area contributed by atoms with E-state index < -0.39 is 11.8 Å². The zero-order valence-corrected chi connectivity index (χ0v) is 13.5. The normalized spacial score (nSPS) is 10.8. The van der Waals surface area contributed by atoms with Crippen LogP contribution >= 0.6 is 23.2 Å². The first kappa shape index (κ1) is 15.7. The van der Waals surface area contributed by atoms with E-state index in [0.29, 0.717) is 32.6 Å². The van der Waals surface area contributed by atoms with E-state index in [1.807, 2.05) is 0 Å². The summed E-state index contributed by atoms with van der Waals surface area (Å²) >= 11 is 12.3. The quantitative estimate of drug-likeness (QED) is 0.601. The zero-order valence-electron chi connectivity index (χ0n) is 11.9. The number of carbonyl (C=O) groups is 1. The van der Waals surface area contributed by atoms with Crippen molar-refractivity contribution in [3.63, 3.8) is 0 Å². The molecule has 23 heavy (non-hydrogen) atoms. The second-order valence-electron chi connectivity index (χ2n) is 4.83. The minimum Gasteiger partial charge on any atom is -0.465 e. The maximum absolute atomic E-state index is 13.3. The van der Waals surface area contributed by atoms with Gasteiger partial charge in [0.2, 0.25) is 0 Å². The van der Waals surface area contributed by atoms with Gasteiger partial charge >= 0.3 is 5.97 Å². The Balaban J connectivity index is 2.31. The Bertz CT molecular complexity index is 928. The summed E-state index contributed by atoms with van der Waals surface area (Å²) < 4.78 is 18.0. The fourth-order valence-corrected chi connectivity index (χ4v) is 2.82. The second-order valence-corrected chi connectivity index (χ2v) is 5.65. The van der Waals surface area contributed by atoms with Crippen molar-refractivity contribution in [1.29, 1.82) is 0 Å². The Hall–Kier alpha value is -2.17. The second kappa shape index (κ2) is 6.14. The lowest BCUT2D eigenvalue weighted by Crippen LogP contribution is -2.01. The Morgan fingerprint density at radius 1 is 1.09 bits per heavy atom. The third-order valence-electron chi connectivity index (χ3n) is 3.45. The number of aromatic nitrogens is 1. The van der Waals surface area contributed by atoms with Crippen molar-refractivity contribution in [3.8, 4) is 11.3 Å². The molecule has 0 aliphatic heterocycles. The van der Waals surface area contributed by atoms with Gasteiger partial charge in [0, 0.05) is 22.5 Å². The van der Waals surface area contributed by atoms with Crippen LogP contribution in [-0.4, -0.2) is 18.1 Å². The van der Waals surface area contributed by atoms with Gasteiger partial charge in [0.1, 0.15) is 5.82 Å². The van der Waals surface area contributed by atoms with Crippen LogP contribution in [0.5, 0.6) is 0 Å². The fourth-order valence-electron chi connectivity index (χ4n) is 2.35. The molecule has 3 aromatic rings. The van der Waals surface area contributed by atoms with E-state index in [9.17, 15) is 9.18 Å². The Morgan fingerprint density at radius 3 is 2.57 bits per heavy atom. The molecule has 0 atom stereocenters. The lowest BCUT2D eigenvalue weighted by Gasteiger charge is -2.10. The Labute approximate surface area is 141 Å². The summed E-state index contributed by atoms with van der Waals surface area (Å²) in [6, 6.07) is 9.02. The van der Waals surface area contributed by atoms with Gasteiger partial charge in [-0.2, -0.15) is 0 Å². The zero-order chi connectivity index (χ0) is 16.6. The van der Waals surface area contributed by atoms with E-state index in [-0.39, 0.29) is 5.02 Å². The number of nitrogens with zero attached hydrogens (tertiary/aromatic N) is 1. The Kier molecular flexibility index (Phi) is 4.20. The minimum atomic E-state index is -0.469. The molecule has 0 radical (unpaired) electrons. The molecule has 0 spiro atoms. The van der Waals surface area contributed by atoms with Crippen molar-refractivity contribution in [3.05, 3.63) is 64.0 Å². The van der Waals surface area contributed by atoms with Crippen LogP contribution in [0.3, 0.4) is 0 Å². The van der Waals surface area contributed by atoms with Gasteiger partial charge in [-0.05, 0) is 30.3 Å². The standard InChI is InChI=1S/C17H10Cl2FNO2/c1-23-17(22)9-2-4-11-13(6-9)16(21-8-15(11)19)12-5-3-10(20)7-14(12)18/h2-8H,1H3. The number of esters is 1. The smallest absolute Gasteiger partial charge is 0.337 e. The summed E-state index contributed by atoms with van der Waals surface area (Å²) in [5.74, 6) is -0.907. The van der Waals surface area contributed by atoms with Crippen LogP contribution in [0.4, 0.5) is 4.39 Å². The highest BCUT2D eigenvalue weighted by atomic mass is 35.5. The molecule has 0 unspecified atom stereocenters. The predicted molar refractivity (Wildman–Crippen MR) is 88.5 cm³/mol. The molecule has 1 heterocycles. The summed E-state index contributed by atoms with van der Waals surface area (Å²) in [7, 11) is 1.31. The largest absolute Gasteiger partial charge is 0.465 e. The van der Waals surface area contributed by atoms with Crippen LogP contribution in [-0.2, 0) is 4.74 Å². The van der Waals surface area contributed by atoms with E-state index in [1.165, 1.54) is 31.5 Å². The van der Waals surface area contributed by atoms with E-state index >= 15 is 0 Å². The average molecular weight is 350 g/mol. The van der Waals surface area contributed by atoms with Crippen LogP contribution in [0.25, 0.3) is 22.0 Å². The van der Waals surface area contributed by atoms with Gasteiger partial charge in [0.05, 0.1) is 28.4 Å². The van der Waals surface area contributed by atoms with Crippen LogP contribution in [0, 0.1) is 5.82 Å². The molecule has 6 heteroatoms. The molecular formula is C17H10Cl2FNO2. The van der Waals surface area contributed by atoms with Gasteiger partial charge in [-0.3, -0.25) is 4.98 Å². The number of pyridine rings is 1. The predicted octanol–water partition coefficient (Wildman–Crippen LogP) is 5.13. The first-order valence-corrected chi connectivity index (χ1v) is 7.39. The molecule has 1 aromatic heterocycles. The van der Waals surface area contributed by atoms with E-state index in [1.54, 1.807) is 18.2 Å². The van der Waals surface area contributed by atoms with Crippen LogP contribution in [0.2, 0.25) is 10.0 Å². The van der Waals surface area contributed by atoms with Gasteiger partial charge in [-0.15, -0.1) is 0 Å². The molecule has 0 aliphatic carbocycles. The highest BCUT2D eigenvalue weighted by molar-refractivity contribution is 6.36. The number of rotatable bonds is 2.